The lowest BCUT2D eigenvalue weighted by Crippen LogP contribution is -2.56. The maximum atomic E-state index is 11.4. The van der Waals surface area contributed by atoms with Crippen LogP contribution in [-0.4, -0.2) is 40.8 Å². The molecule has 1 amide bonds. The smallest absolute Gasteiger partial charge is 0.407 e. The van der Waals surface area contributed by atoms with Gasteiger partial charge in [-0.25, -0.2) is 4.79 Å². The summed E-state index contributed by atoms with van der Waals surface area (Å²) < 4.78 is 0. The number of carbonyl (C=O) groups is 1. The number of piperidine rings is 1. The summed E-state index contributed by atoms with van der Waals surface area (Å²) in [5.41, 5.74) is 3.62. The molecule has 3 rings (SSSR count). The third-order valence-electron chi connectivity index (χ3n) is 4.92. The minimum atomic E-state index is -0.831. The zero-order valence-electron chi connectivity index (χ0n) is 15.8. The first-order valence-corrected chi connectivity index (χ1v) is 9.24. The van der Waals surface area contributed by atoms with Gasteiger partial charge in [0.15, 0.2) is 0 Å². The maximum Gasteiger partial charge on any atom is 0.407 e. The molecule has 1 fully saturated rings. The summed E-state index contributed by atoms with van der Waals surface area (Å²) in [5.74, 6) is 0.300. The first kappa shape index (κ1) is 18.5. The summed E-state index contributed by atoms with van der Waals surface area (Å²) in [6.07, 6.45) is 0.000336. The maximum absolute atomic E-state index is 11.4. The first-order valence-electron chi connectivity index (χ1n) is 9.24. The number of nitrogens with zero attached hydrogens (tertiary/aromatic N) is 1. The van der Waals surface area contributed by atoms with Gasteiger partial charge >= 0.3 is 6.09 Å². The Hall–Kier alpha value is -2.33. The van der Waals surface area contributed by atoms with Gasteiger partial charge in [-0.2, -0.15) is 0 Å². The third kappa shape index (κ3) is 4.44. The number of hydrogen-bond donors (Lipinski definition) is 2. The molecular weight excluding hydrogens is 324 g/mol. The first-order chi connectivity index (χ1) is 12.3. The average Bonchev–Trinajstić information content (AvgIpc) is 2.61. The standard InChI is InChI=1S/C22H28N2O2/c1-22(2,3)23-20-15-24(21(25)26)13-12-19(20)18-11-7-10-17(14-18)16-8-5-4-6-9-16/h4-11,14,19-20,23H,12-13,15H2,1-3H3,(H,25,26)/t19-,20+/m0/s1. The molecule has 4 nitrogen and oxygen atoms in total. The quantitative estimate of drug-likeness (QED) is 0.850. The lowest BCUT2D eigenvalue weighted by Gasteiger charge is -2.41. The molecule has 1 heterocycles. The molecule has 2 N–H and O–H groups in total. The van der Waals surface area contributed by atoms with Crippen molar-refractivity contribution in [2.24, 2.45) is 0 Å². The summed E-state index contributed by atoms with van der Waals surface area (Å²) in [7, 11) is 0. The van der Waals surface area contributed by atoms with Crippen molar-refractivity contribution in [2.45, 2.75) is 44.7 Å². The van der Waals surface area contributed by atoms with Crippen molar-refractivity contribution in [3.05, 3.63) is 60.2 Å². The lowest BCUT2D eigenvalue weighted by molar-refractivity contribution is 0.114. The Bertz CT molecular complexity index is 752. The van der Waals surface area contributed by atoms with Crippen LogP contribution in [0.5, 0.6) is 0 Å². The van der Waals surface area contributed by atoms with E-state index in [9.17, 15) is 9.90 Å². The van der Waals surface area contributed by atoms with Crippen LogP contribution in [-0.2, 0) is 0 Å². The molecule has 1 aliphatic rings. The summed E-state index contributed by atoms with van der Waals surface area (Å²) in [4.78, 5) is 13.0. The zero-order valence-corrected chi connectivity index (χ0v) is 15.8. The van der Waals surface area contributed by atoms with Gasteiger partial charge in [0.2, 0.25) is 0 Å². The molecule has 138 valence electrons. The number of carboxylic acid groups (broad SMARTS) is 1. The largest absolute Gasteiger partial charge is 0.465 e. The predicted octanol–water partition coefficient (Wildman–Crippen LogP) is 4.58. The van der Waals surface area contributed by atoms with E-state index in [0.717, 1.165) is 6.42 Å². The van der Waals surface area contributed by atoms with Crippen molar-refractivity contribution in [3.63, 3.8) is 0 Å². The fourth-order valence-corrected chi connectivity index (χ4v) is 3.81. The van der Waals surface area contributed by atoms with Gasteiger partial charge in [-0.15, -0.1) is 0 Å². The van der Waals surface area contributed by atoms with Crippen LogP contribution in [0.2, 0.25) is 0 Å². The van der Waals surface area contributed by atoms with E-state index >= 15 is 0 Å². The second kappa shape index (κ2) is 7.50. The second-order valence-electron chi connectivity index (χ2n) is 8.12. The Labute approximate surface area is 155 Å². The molecule has 2 aromatic carbocycles. The van der Waals surface area contributed by atoms with Gasteiger partial charge in [-0.3, -0.25) is 0 Å². The summed E-state index contributed by atoms with van der Waals surface area (Å²) in [6.45, 7) is 7.49. The number of hydrogen-bond acceptors (Lipinski definition) is 2. The van der Waals surface area contributed by atoms with E-state index in [-0.39, 0.29) is 11.6 Å². The van der Waals surface area contributed by atoms with Crippen LogP contribution in [0.3, 0.4) is 0 Å². The van der Waals surface area contributed by atoms with Crippen molar-refractivity contribution in [3.8, 4) is 11.1 Å². The van der Waals surface area contributed by atoms with E-state index in [1.165, 1.54) is 21.6 Å². The Morgan fingerprint density at radius 2 is 1.77 bits per heavy atom. The molecular formula is C22H28N2O2. The van der Waals surface area contributed by atoms with Crippen LogP contribution >= 0.6 is 0 Å². The van der Waals surface area contributed by atoms with E-state index in [1.54, 1.807) is 0 Å². The summed E-state index contributed by atoms with van der Waals surface area (Å²) in [5, 5.41) is 13.0. The highest BCUT2D eigenvalue weighted by atomic mass is 16.4. The monoisotopic (exact) mass is 352 g/mol. The van der Waals surface area contributed by atoms with E-state index in [1.807, 2.05) is 6.07 Å². The molecule has 2 aromatic rings. The predicted molar refractivity (Wildman–Crippen MR) is 106 cm³/mol. The molecule has 2 atom stereocenters. The molecule has 1 saturated heterocycles. The molecule has 0 radical (unpaired) electrons. The molecule has 26 heavy (non-hydrogen) atoms. The number of benzene rings is 2. The zero-order chi connectivity index (χ0) is 18.7. The van der Waals surface area contributed by atoms with Crippen molar-refractivity contribution in [2.75, 3.05) is 13.1 Å². The van der Waals surface area contributed by atoms with E-state index in [4.69, 9.17) is 0 Å². The number of likely N-dealkylation sites (tertiary alicyclic amines) is 1. The summed E-state index contributed by atoms with van der Waals surface area (Å²) >= 11 is 0. The van der Waals surface area contributed by atoms with Crippen molar-refractivity contribution >= 4 is 6.09 Å². The fourth-order valence-electron chi connectivity index (χ4n) is 3.81. The number of rotatable bonds is 3. The Kier molecular flexibility index (Phi) is 5.33. The normalized spacial score (nSPS) is 20.8. The topological polar surface area (TPSA) is 52.6 Å². The van der Waals surface area contributed by atoms with Gasteiger partial charge in [0.1, 0.15) is 0 Å². The van der Waals surface area contributed by atoms with Gasteiger partial charge < -0.3 is 15.3 Å². The molecule has 0 aliphatic carbocycles. The molecule has 4 heteroatoms. The highest BCUT2D eigenvalue weighted by Crippen LogP contribution is 2.32. The lowest BCUT2D eigenvalue weighted by atomic mass is 9.83. The summed E-state index contributed by atoms with van der Waals surface area (Å²) in [6, 6.07) is 19.2. The fraction of sp³-hybridized carbons (Fsp3) is 0.409. The minimum absolute atomic E-state index is 0.0680. The highest BCUT2D eigenvalue weighted by molar-refractivity contribution is 5.66. The van der Waals surface area contributed by atoms with Crippen molar-refractivity contribution in [1.82, 2.24) is 10.2 Å². The van der Waals surface area contributed by atoms with E-state index < -0.39 is 6.09 Å². The van der Waals surface area contributed by atoms with Crippen LogP contribution in [0.15, 0.2) is 54.6 Å². The Morgan fingerprint density at radius 1 is 1.08 bits per heavy atom. The van der Waals surface area contributed by atoms with Gasteiger partial charge in [-0.05, 0) is 43.9 Å². The number of amides is 1. The molecule has 0 unspecified atom stereocenters. The molecule has 0 saturated carbocycles. The third-order valence-corrected chi connectivity index (χ3v) is 4.92. The van der Waals surface area contributed by atoms with Crippen molar-refractivity contribution < 1.29 is 9.90 Å². The molecule has 1 aliphatic heterocycles. The van der Waals surface area contributed by atoms with Crippen LogP contribution in [0.25, 0.3) is 11.1 Å². The Balaban J connectivity index is 1.89. The van der Waals surface area contributed by atoms with Crippen LogP contribution in [0, 0.1) is 0 Å². The van der Waals surface area contributed by atoms with E-state index in [0.29, 0.717) is 19.0 Å². The minimum Gasteiger partial charge on any atom is -0.465 e. The van der Waals surface area contributed by atoms with Gasteiger partial charge in [0, 0.05) is 30.6 Å². The number of nitrogens with one attached hydrogen (secondary N) is 1. The van der Waals surface area contributed by atoms with Crippen LogP contribution in [0.1, 0.15) is 38.7 Å². The molecule has 0 bridgehead atoms. The van der Waals surface area contributed by atoms with Gasteiger partial charge in [-0.1, -0.05) is 54.6 Å². The highest BCUT2D eigenvalue weighted by Gasteiger charge is 2.34. The van der Waals surface area contributed by atoms with Gasteiger partial charge in [0.25, 0.3) is 0 Å². The Morgan fingerprint density at radius 3 is 2.42 bits per heavy atom. The van der Waals surface area contributed by atoms with Crippen LogP contribution in [0.4, 0.5) is 4.79 Å². The second-order valence-corrected chi connectivity index (χ2v) is 8.12. The van der Waals surface area contributed by atoms with Gasteiger partial charge in [0.05, 0.1) is 0 Å². The van der Waals surface area contributed by atoms with Crippen LogP contribution < -0.4 is 5.32 Å². The SMILES string of the molecule is CC(C)(C)N[C@@H]1CN(C(=O)O)CC[C@H]1c1cccc(-c2ccccc2)c1. The molecule has 0 aromatic heterocycles. The molecule has 0 spiro atoms. The van der Waals surface area contributed by atoms with Crippen molar-refractivity contribution in [1.29, 1.82) is 0 Å². The average molecular weight is 352 g/mol. The van der Waals surface area contributed by atoms with E-state index in [2.05, 4.69) is 74.6 Å².